The van der Waals surface area contributed by atoms with Crippen molar-refractivity contribution in [3.05, 3.63) is 154 Å². The molecule has 7 aromatic rings. The minimum atomic E-state index is -2.35. The first-order chi connectivity index (χ1) is 37.6. The molecule has 2 aliphatic heterocycles. The summed E-state index contributed by atoms with van der Waals surface area (Å²) in [6, 6.07) is 26.5. The minimum Gasteiger partial charge on any atom is -0.408 e. The van der Waals surface area contributed by atoms with Gasteiger partial charge in [0.2, 0.25) is 0 Å². The van der Waals surface area contributed by atoms with Gasteiger partial charge in [-0.15, -0.1) is 0 Å². The van der Waals surface area contributed by atoms with Crippen LogP contribution >= 0.6 is 0 Å². The van der Waals surface area contributed by atoms with Gasteiger partial charge in [-0.1, -0.05) is 141 Å². The van der Waals surface area contributed by atoms with Gasteiger partial charge in [0, 0.05) is 27.2 Å². The fourth-order valence-corrected chi connectivity index (χ4v) is 11.0. The summed E-state index contributed by atoms with van der Waals surface area (Å²) < 4.78 is 30.1. The van der Waals surface area contributed by atoms with Gasteiger partial charge in [-0.2, -0.15) is 0 Å². The highest BCUT2D eigenvalue weighted by molar-refractivity contribution is 6.74. The fourth-order valence-electron chi connectivity index (χ4n) is 8.45. The second-order valence-corrected chi connectivity index (χ2v) is 31.6. The van der Waals surface area contributed by atoms with Crippen molar-refractivity contribution in [3.63, 3.8) is 0 Å². The molecule has 24 nitrogen and oxygen atoms in total. The van der Waals surface area contributed by atoms with Crippen molar-refractivity contribution in [1.82, 2.24) is 39.0 Å². The van der Waals surface area contributed by atoms with Crippen LogP contribution in [0.15, 0.2) is 132 Å². The highest BCUT2D eigenvalue weighted by atomic mass is 28.4. The summed E-state index contributed by atoms with van der Waals surface area (Å²) >= 11 is 0. The number of ether oxygens (including phenoxy) is 2. The smallest absolute Gasteiger partial charge is 0.256 e. The molecule has 2 fully saturated rings. The van der Waals surface area contributed by atoms with Gasteiger partial charge in [0.05, 0.1) is 44.0 Å². The number of anilines is 2. The molecule has 4 N–H and O–H groups in total. The highest BCUT2D eigenvalue weighted by Gasteiger charge is 2.52. The van der Waals surface area contributed by atoms with Crippen LogP contribution in [0.25, 0.3) is 43.2 Å². The molecular formula is C56H78N18O6Si2. The van der Waals surface area contributed by atoms with E-state index in [9.17, 15) is 9.59 Å². The zero-order chi connectivity index (χ0) is 56.7. The topological polar surface area (TPSA) is 318 Å². The number of aliphatic imine (C=N–C) groups is 1. The number of nitrogens with zero attached hydrogens (tertiary/aromatic N) is 15. The van der Waals surface area contributed by atoms with Crippen LogP contribution in [0.2, 0.25) is 36.3 Å². The van der Waals surface area contributed by atoms with E-state index in [1.807, 2.05) is 42.5 Å². The van der Waals surface area contributed by atoms with Crippen LogP contribution in [-0.2, 0) is 18.3 Å². The standard InChI is InChI=1S/C30H35N9O3Si.C23H31N9O3Si.3CH4/c1-30(2,3)43(4,5)42-25-23(32-16-20-12-8-6-9-13-20)22(17-36-38-31)41-29(25)39-19-35-24-26(33-18-34-27(24)39)37-28(40)21-14-10-7-11-15-21;1-23(2,3)36(4,5)35-18-16(24)15(11-29-31-25)34-22(18)32-13-28-17-19(26-12-27-20(17)32)30-21(33)14-9-7-6-8-10-14;;;/h6-16,18-19,22-23,25,29H,17H2,1-5H3,(H,33,34,37,40);6-10,12-13,15-16,18,22H,11,24H2,1-5H3,(H,26,27,30,33);3*1H4/t22-,23-,25?,29-;15-,16-,18?,22-;;;/m11.../s1. The van der Waals surface area contributed by atoms with Crippen LogP contribution in [0.1, 0.15) is 103 Å². The Balaban J connectivity index is 0.000000294. The Kier molecular flexibility index (Phi) is 21.7. The largest absolute Gasteiger partial charge is 0.408 e. The maximum absolute atomic E-state index is 12.9. The lowest BCUT2D eigenvalue weighted by molar-refractivity contribution is -0.0285. The number of carbonyl (C=O) groups excluding carboxylic acids is 2. The number of rotatable bonds is 16. The van der Waals surface area contributed by atoms with E-state index in [4.69, 9.17) is 40.1 Å². The molecule has 2 amide bonds. The van der Waals surface area contributed by atoms with Crippen LogP contribution in [0, 0.1) is 0 Å². The van der Waals surface area contributed by atoms with E-state index < -0.39 is 65.6 Å². The molecule has 0 saturated carbocycles. The third-order valence-corrected chi connectivity index (χ3v) is 23.8. The molecular weight excluding hydrogens is 1080 g/mol. The number of nitrogens with one attached hydrogen (secondary N) is 2. The van der Waals surface area contributed by atoms with E-state index >= 15 is 0 Å². The summed E-state index contributed by atoms with van der Waals surface area (Å²) in [7, 11) is -4.61. The van der Waals surface area contributed by atoms with Crippen LogP contribution in [-0.4, -0.2) is 123 Å². The van der Waals surface area contributed by atoms with Gasteiger partial charge in [-0.05, 0) is 77.2 Å². The van der Waals surface area contributed by atoms with Gasteiger partial charge in [0.25, 0.3) is 11.8 Å². The molecule has 436 valence electrons. The molecule has 0 aliphatic carbocycles. The van der Waals surface area contributed by atoms with Crippen LogP contribution < -0.4 is 16.4 Å². The fraction of sp³-hybridized carbons (Fsp3) is 0.446. The van der Waals surface area contributed by atoms with E-state index in [0.29, 0.717) is 33.5 Å². The summed E-state index contributed by atoms with van der Waals surface area (Å²) in [5.74, 6) is -0.0573. The lowest BCUT2D eigenvalue weighted by atomic mass is 10.1. The first-order valence-corrected chi connectivity index (χ1v) is 31.5. The average Bonchev–Trinajstić information content (AvgIpc) is 4.23. The molecule has 8 atom stereocenters. The van der Waals surface area contributed by atoms with Gasteiger partial charge in [-0.3, -0.25) is 23.7 Å². The molecule has 2 unspecified atom stereocenters. The second-order valence-electron chi connectivity index (χ2n) is 22.1. The summed E-state index contributed by atoms with van der Waals surface area (Å²) in [6.07, 6.45) is 4.18. The Morgan fingerprint density at radius 2 is 1.04 bits per heavy atom. The molecule has 82 heavy (non-hydrogen) atoms. The van der Waals surface area contributed by atoms with Crippen molar-refractivity contribution in [3.8, 4) is 0 Å². The highest BCUT2D eigenvalue weighted by Crippen LogP contribution is 2.45. The van der Waals surface area contributed by atoms with Crippen molar-refractivity contribution in [1.29, 1.82) is 0 Å². The van der Waals surface area contributed by atoms with Gasteiger partial charge >= 0.3 is 0 Å². The predicted molar refractivity (Wildman–Crippen MR) is 325 cm³/mol. The summed E-state index contributed by atoms with van der Waals surface area (Å²) in [5.41, 5.74) is 28.2. The predicted octanol–water partition coefficient (Wildman–Crippen LogP) is 12.1. The second kappa shape index (κ2) is 27.3. The zero-order valence-corrected chi connectivity index (χ0v) is 47.8. The Morgan fingerprint density at radius 1 is 0.634 bits per heavy atom. The number of azide groups is 2. The first kappa shape index (κ1) is 65.0. The Labute approximate surface area is 481 Å². The van der Waals surface area contributed by atoms with Gasteiger partial charge < -0.3 is 34.7 Å². The third kappa shape index (κ3) is 14.5. The maximum Gasteiger partial charge on any atom is 0.256 e. The SMILES string of the molecule is C.C.C.CC(C)(C)[Si](C)(C)OC1[C@H](n2cnc3c(NC(=O)c4ccccc4)ncnc32)O[C@H](CN=[N+]=[N-])[C@H]1N.CC(C)(C)[Si](C)(C)OC1[C@H](n2cnc3c(NC(=O)c4ccccc4)ncnc32)O[C@H](CN=[N+]=[N-])[C@H]1N=Cc1ccccc1. The molecule has 26 heteroatoms. The first-order valence-electron chi connectivity index (χ1n) is 25.7. The lowest BCUT2D eigenvalue weighted by Crippen LogP contribution is -2.51. The number of carbonyl (C=O) groups is 2. The quantitative estimate of drug-likeness (QED) is 0.0267. The Hall–Kier alpha value is -7.78. The number of benzene rings is 3. The molecule has 0 bridgehead atoms. The molecule has 6 heterocycles. The molecule has 9 rings (SSSR count). The van der Waals surface area contributed by atoms with Gasteiger partial charge in [0.15, 0.2) is 63.1 Å². The van der Waals surface area contributed by atoms with E-state index in [-0.39, 0.29) is 68.9 Å². The Bertz CT molecular complexity index is 3380. The molecule has 3 aromatic carbocycles. The van der Waals surface area contributed by atoms with Crippen molar-refractivity contribution in [2.75, 3.05) is 23.7 Å². The number of imidazole rings is 2. The van der Waals surface area contributed by atoms with E-state index in [0.717, 1.165) is 5.56 Å². The number of fused-ring (bicyclic) bond motifs is 2. The third-order valence-electron chi connectivity index (χ3n) is 14.8. The monoisotopic (exact) mass is 1150 g/mol. The molecule has 0 radical (unpaired) electrons. The van der Waals surface area contributed by atoms with Gasteiger partial charge in [-0.25, -0.2) is 29.9 Å². The zero-order valence-electron chi connectivity index (χ0n) is 45.8. The van der Waals surface area contributed by atoms with Crippen LogP contribution in [0.4, 0.5) is 11.6 Å². The minimum absolute atomic E-state index is 0. The lowest BCUT2D eigenvalue weighted by Gasteiger charge is -2.40. The van der Waals surface area contributed by atoms with Crippen molar-refractivity contribution >= 4 is 68.6 Å². The number of nitrogens with two attached hydrogens (primary N) is 1. The van der Waals surface area contributed by atoms with Crippen LogP contribution in [0.3, 0.4) is 0 Å². The van der Waals surface area contributed by atoms with Crippen molar-refractivity contribution in [2.24, 2.45) is 21.0 Å². The number of amides is 2. The number of hydrogen-bond donors (Lipinski definition) is 3. The van der Waals surface area contributed by atoms with Crippen molar-refractivity contribution < 1.29 is 27.9 Å². The summed E-state index contributed by atoms with van der Waals surface area (Å²) in [6.45, 7) is 21.7. The van der Waals surface area contributed by atoms with E-state index in [2.05, 4.69) is 128 Å². The molecule has 4 aromatic heterocycles. The number of aromatic nitrogens is 8. The van der Waals surface area contributed by atoms with Gasteiger partial charge in [0.1, 0.15) is 30.9 Å². The normalized spacial score (nSPS) is 20.7. The molecule has 2 saturated heterocycles. The van der Waals surface area contributed by atoms with E-state index in [1.54, 1.807) is 76.5 Å². The summed E-state index contributed by atoms with van der Waals surface area (Å²) in [4.78, 5) is 62.9. The van der Waals surface area contributed by atoms with Crippen LogP contribution in [0.5, 0.6) is 0 Å². The maximum atomic E-state index is 12.9. The Morgan fingerprint density at radius 3 is 1.48 bits per heavy atom. The molecule has 2 aliphatic rings. The van der Waals surface area contributed by atoms with E-state index in [1.165, 1.54) is 12.7 Å². The van der Waals surface area contributed by atoms with Crippen molar-refractivity contribution in [2.45, 2.75) is 149 Å². The molecule has 0 spiro atoms. The summed E-state index contributed by atoms with van der Waals surface area (Å²) in [5, 5.41) is 13.0. The number of hydrogen-bond acceptors (Lipinski definition) is 16. The average molecular weight is 1160 g/mol.